The maximum absolute atomic E-state index is 10.9. The lowest BCUT2D eigenvalue weighted by Crippen LogP contribution is -1.90. The first-order valence-electron chi connectivity index (χ1n) is 4.04. The van der Waals surface area contributed by atoms with Crippen LogP contribution in [0.25, 0.3) is 6.08 Å². The number of carbonyl (C=O) groups excluding carboxylic acids is 1. The molecule has 0 fully saturated rings. The number of methoxy groups -OCH3 is 1. The molecule has 0 saturated heterocycles. The summed E-state index contributed by atoms with van der Waals surface area (Å²) in [6.07, 6.45) is 3.44. The molecule has 0 atom stereocenters. The molecule has 0 radical (unpaired) electrons. The number of hydrogen-bond acceptors (Lipinski definition) is 2. The Morgan fingerprint density at radius 3 is 2.38 bits per heavy atom. The van der Waals surface area contributed by atoms with Crippen molar-refractivity contribution in [2.75, 3.05) is 7.11 Å². The smallest absolute Gasteiger partial charge is 0.159 e. The van der Waals surface area contributed by atoms with Crippen LogP contribution in [-0.4, -0.2) is 12.9 Å². The molecule has 0 heterocycles. The van der Waals surface area contributed by atoms with E-state index in [1.807, 2.05) is 18.2 Å². The first-order valence-corrected chi connectivity index (χ1v) is 4.04. The van der Waals surface area contributed by atoms with Crippen LogP contribution in [0.3, 0.4) is 0 Å². The number of hydrogen-bond donors (Lipinski definition) is 0. The van der Waals surface area contributed by atoms with Crippen molar-refractivity contribution in [3.8, 4) is 0 Å². The van der Waals surface area contributed by atoms with Gasteiger partial charge in [0.15, 0.2) is 5.78 Å². The Labute approximate surface area is 77.8 Å². The van der Waals surface area contributed by atoms with Crippen molar-refractivity contribution in [1.29, 1.82) is 0 Å². The van der Waals surface area contributed by atoms with Gasteiger partial charge in [-0.2, -0.15) is 0 Å². The summed E-state index contributed by atoms with van der Waals surface area (Å²) in [4.78, 5) is 10.9. The van der Waals surface area contributed by atoms with E-state index in [1.54, 1.807) is 32.4 Å². The lowest BCUT2D eigenvalue weighted by molar-refractivity contribution is 0.101. The molecular formula is C11H12O2. The first kappa shape index (κ1) is 9.52. The van der Waals surface area contributed by atoms with E-state index in [1.165, 1.54) is 0 Å². The lowest BCUT2D eigenvalue weighted by atomic mass is 10.1. The highest BCUT2D eigenvalue weighted by Gasteiger charge is 1.96. The number of ether oxygens (including phenoxy) is 1. The molecule has 0 bridgehead atoms. The van der Waals surface area contributed by atoms with Crippen molar-refractivity contribution in [2.24, 2.45) is 0 Å². The highest BCUT2D eigenvalue weighted by Crippen LogP contribution is 2.06. The molecule has 0 aliphatic rings. The van der Waals surface area contributed by atoms with E-state index >= 15 is 0 Å². The van der Waals surface area contributed by atoms with Gasteiger partial charge in [0.1, 0.15) is 0 Å². The number of carbonyl (C=O) groups is 1. The lowest BCUT2D eigenvalue weighted by Gasteiger charge is -1.96. The fourth-order valence-corrected chi connectivity index (χ4v) is 0.976. The quantitative estimate of drug-likeness (QED) is 0.522. The third-order valence-electron chi connectivity index (χ3n) is 1.71. The van der Waals surface area contributed by atoms with Crippen LogP contribution < -0.4 is 0 Å². The molecule has 0 N–H and O–H groups in total. The average molecular weight is 176 g/mol. The molecular weight excluding hydrogens is 164 g/mol. The fourth-order valence-electron chi connectivity index (χ4n) is 0.976. The van der Waals surface area contributed by atoms with Crippen molar-refractivity contribution in [2.45, 2.75) is 6.92 Å². The second-order valence-electron chi connectivity index (χ2n) is 2.72. The second-order valence-corrected chi connectivity index (χ2v) is 2.72. The van der Waals surface area contributed by atoms with E-state index in [4.69, 9.17) is 4.74 Å². The molecule has 0 spiro atoms. The van der Waals surface area contributed by atoms with Crippen LogP contribution in [0.1, 0.15) is 22.8 Å². The zero-order chi connectivity index (χ0) is 9.68. The van der Waals surface area contributed by atoms with Crippen molar-refractivity contribution in [1.82, 2.24) is 0 Å². The van der Waals surface area contributed by atoms with Crippen LogP contribution in [0, 0.1) is 0 Å². The van der Waals surface area contributed by atoms with Gasteiger partial charge in [0.25, 0.3) is 0 Å². The average Bonchev–Trinajstić information content (AvgIpc) is 2.15. The Bertz CT molecular complexity index is 309. The summed E-state index contributed by atoms with van der Waals surface area (Å²) in [5, 5.41) is 0. The van der Waals surface area contributed by atoms with Crippen LogP contribution in [0.15, 0.2) is 30.5 Å². The van der Waals surface area contributed by atoms with E-state index in [-0.39, 0.29) is 5.78 Å². The van der Waals surface area contributed by atoms with Crippen molar-refractivity contribution < 1.29 is 9.53 Å². The van der Waals surface area contributed by atoms with Crippen LogP contribution >= 0.6 is 0 Å². The molecule has 13 heavy (non-hydrogen) atoms. The van der Waals surface area contributed by atoms with Gasteiger partial charge in [-0.05, 0) is 18.6 Å². The maximum atomic E-state index is 10.9. The predicted molar refractivity (Wildman–Crippen MR) is 52.5 cm³/mol. The minimum absolute atomic E-state index is 0.0854. The maximum Gasteiger partial charge on any atom is 0.159 e. The van der Waals surface area contributed by atoms with Gasteiger partial charge in [-0.15, -0.1) is 0 Å². The topological polar surface area (TPSA) is 26.3 Å². The van der Waals surface area contributed by atoms with E-state index in [9.17, 15) is 4.79 Å². The van der Waals surface area contributed by atoms with E-state index < -0.39 is 0 Å². The molecule has 68 valence electrons. The molecule has 1 aromatic rings. The van der Waals surface area contributed by atoms with E-state index in [2.05, 4.69) is 0 Å². The summed E-state index contributed by atoms with van der Waals surface area (Å²) in [6.45, 7) is 1.56. The Kier molecular flexibility index (Phi) is 3.26. The number of Topliss-reactive ketones (excluding diaryl/α,β-unsaturated/α-hetero) is 1. The molecule has 0 aromatic heterocycles. The standard InChI is InChI=1S/C11H12O2/c1-9(12)11-5-3-10(4-6-11)7-8-13-2/h3-8H,1-2H3/b8-7+. The zero-order valence-electron chi connectivity index (χ0n) is 7.78. The van der Waals surface area contributed by atoms with Gasteiger partial charge in [0.2, 0.25) is 0 Å². The summed E-state index contributed by atoms with van der Waals surface area (Å²) < 4.78 is 4.78. The highest BCUT2D eigenvalue weighted by atomic mass is 16.5. The Balaban J connectivity index is 2.81. The molecule has 2 heteroatoms. The Morgan fingerprint density at radius 2 is 1.92 bits per heavy atom. The SMILES string of the molecule is CO/C=C/c1ccc(C(C)=O)cc1. The molecule has 0 amide bonds. The van der Waals surface area contributed by atoms with Gasteiger partial charge < -0.3 is 4.74 Å². The molecule has 1 rings (SSSR count). The van der Waals surface area contributed by atoms with Crippen molar-refractivity contribution in [3.05, 3.63) is 41.7 Å². The van der Waals surface area contributed by atoms with Crippen LogP contribution in [0.4, 0.5) is 0 Å². The monoisotopic (exact) mass is 176 g/mol. The molecule has 0 aliphatic heterocycles. The summed E-state index contributed by atoms with van der Waals surface area (Å²) in [5.41, 5.74) is 1.75. The minimum Gasteiger partial charge on any atom is -0.504 e. The van der Waals surface area contributed by atoms with Crippen molar-refractivity contribution in [3.63, 3.8) is 0 Å². The second kappa shape index (κ2) is 4.45. The molecule has 2 nitrogen and oxygen atoms in total. The zero-order valence-corrected chi connectivity index (χ0v) is 7.78. The first-order chi connectivity index (χ1) is 6.24. The predicted octanol–water partition coefficient (Wildman–Crippen LogP) is 2.51. The number of ketones is 1. The summed E-state index contributed by atoms with van der Waals surface area (Å²) in [6, 6.07) is 7.37. The van der Waals surface area contributed by atoms with Gasteiger partial charge in [-0.25, -0.2) is 0 Å². The normalized spacial score (nSPS) is 10.3. The molecule has 1 aromatic carbocycles. The van der Waals surface area contributed by atoms with Gasteiger partial charge in [-0.3, -0.25) is 4.79 Å². The van der Waals surface area contributed by atoms with Gasteiger partial charge in [0.05, 0.1) is 13.4 Å². The summed E-state index contributed by atoms with van der Waals surface area (Å²) in [7, 11) is 1.60. The number of benzene rings is 1. The molecule has 0 unspecified atom stereocenters. The Morgan fingerprint density at radius 1 is 1.31 bits per heavy atom. The summed E-state index contributed by atoms with van der Waals surface area (Å²) in [5.74, 6) is 0.0854. The van der Waals surface area contributed by atoms with Gasteiger partial charge >= 0.3 is 0 Å². The third-order valence-corrected chi connectivity index (χ3v) is 1.71. The van der Waals surface area contributed by atoms with E-state index in [0.29, 0.717) is 0 Å². The largest absolute Gasteiger partial charge is 0.504 e. The van der Waals surface area contributed by atoms with Crippen LogP contribution in [-0.2, 0) is 4.74 Å². The van der Waals surface area contributed by atoms with Gasteiger partial charge in [-0.1, -0.05) is 24.3 Å². The molecule has 0 saturated carbocycles. The van der Waals surface area contributed by atoms with E-state index in [0.717, 1.165) is 11.1 Å². The highest BCUT2D eigenvalue weighted by molar-refractivity contribution is 5.94. The Hall–Kier alpha value is -1.57. The summed E-state index contributed by atoms with van der Waals surface area (Å²) >= 11 is 0. The van der Waals surface area contributed by atoms with Crippen molar-refractivity contribution >= 4 is 11.9 Å². The van der Waals surface area contributed by atoms with Crippen LogP contribution in [0.2, 0.25) is 0 Å². The van der Waals surface area contributed by atoms with Crippen LogP contribution in [0.5, 0.6) is 0 Å². The molecule has 0 aliphatic carbocycles. The minimum atomic E-state index is 0.0854. The van der Waals surface area contributed by atoms with Gasteiger partial charge in [0, 0.05) is 5.56 Å². The fraction of sp³-hybridized carbons (Fsp3) is 0.182. The number of rotatable bonds is 3. The third kappa shape index (κ3) is 2.75.